The van der Waals surface area contributed by atoms with Crippen molar-refractivity contribution in [2.24, 2.45) is 0 Å². The number of phosphoric ester groups is 1. The maximum absolute atomic E-state index is 11.1. The summed E-state index contributed by atoms with van der Waals surface area (Å²) < 4.78 is 17.1. The van der Waals surface area contributed by atoms with E-state index in [-0.39, 0.29) is 11.8 Å². The number of halogens is 1. The fraction of sp³-hybridized carbons (Fsp3) is 0.500. The Kier molecular flexibility index (Phi) is 5.23. The highest BCUT2D eigenvalue weighted by molar-refractivity contribution is 14.1. The van der Waals surface area contributed by atoms with E-state index in [1.54, 1.807) is 0 Å². The second kappa shape index (κ2) is 5.90. The van der Waals surface area contributed by atoms with Crippen LogP contribution in [0.2, 0.25) is 0 Å². The molecule has 0 saturated carbocycles. The predicted molar refractivity (Wildman–Crippen MR) is 80.0 cm³/mol. The molecule has 0 aliphatic carbocycles. The highest BCUT2D eigenvalue weighted by Gasteiger charge is 2.24. The first-order valence-corrected chi connectivity index (χ1v) is 8.31. The molecule has 0 aliphatic rings. The molecule has 0 bridgehead atoms. The summed E-state index contributed by atoms with van der Waals surface area (Å²) in [6, 6.07) is 3.81. The molecule has 0 fully saturated rings. The molecule has 2 N–H and O–H groups in total. The zero-order valence-electron chi connectivity index (χ0n) is 10.8. The Hall–Kier alpha value is -0.100. The molecular formula is C12H18IO4P. The monoisotopic (exact) mass is 384 g/mol. The van der Waals surface area contributed by atoms with Crippen LogP contribution in [0.3, 0.4) is 0 Å². The van der Waals surface area contributed by atoms with Crippen LogP contribution in [0.1, 0.15) is 50.7 Å². The van der Waals surface area contributed by atoms with Crippen molar-refractivity contribution in [3.8, 4) is 5.75 Å². The fourth-order valence-electron chi connectivity index (χ4n) is 1.72. The molecule has 0 heterocycles. The second-order valence-electron chi connectivity index (χ2n) is 4.80. The fourth-order valence-corrected chi connectivity index (χ4v) is 2.84. The van der Waals surface area contributed by atoms with Gasteiger partial charge in [0.2, 0.25) is 0 Å². The van der Waals surface area contributed by atoms with E-state index in [4.69, 9.17) is 14.3 Å². The Morgan fingerprint density at radius 1 is 1.11 bits per heavy atom. The molecule has 0 amide bonds. The van der Waals surface area contributed by atoms with E-state index in [9.17, 15) is 4.57 Å². The van der Waals surface area contributed by atoms with Crippen LogP contribution < -0.4 is 4.52 Å². The Balaban J connectivity index is 3.46. The minimum Gasteiger partial charge on any atom is -0.404 e. The van der Waals surface area contributed by atoms with Crippen molar-refractivity contribution in [2.75, 3.05) is 0 Å². The molecule has 0 atom stereocenters. The summed E-state index contributed by atoms with van der Waals surface area (Å²) in [6.07, 6.45) is 0. The number of hydrogen-bond donors (Lipinski definition) is 2. The Labute approximate surface area is 121 Å². The van der Waals surface area contributed by atoms with Crippen molar-refractivity contribution in [2.45, 2.75) is 39.5 Å². The smallest absolute Gasteiger partial charge is 0.404 e. The van der Waals surface area contributed by atoms with E-state index in [1.807, 2.05) is 39.8 Å². The van der Waals surface area contributed by atoms with Gasteiger partial charge in [0.25, 0.3) is 0 Å². The summed E-state index contributed by atoms with van der Waals surface area (Å²) in [5.41, 5.74) is 1.66. The number of rotatable bonds is 4. The Morgan fingerprint density at radius 3 is 1.78 bits per heavy atom. The van der Waals surface area contributed by atoms with Crippen LogP contribution in [0.15, 0.2) is 12.1 Å². The standard InChI is InChI=1S/C12H18IO4P/c1-7(2)10-5-9(13)6-11(8(3)4)12(10)17-18(14,15)16/h5-8H,1-4H3,(H2,14,15,16). The number of benzene rings is 1. The van der Waals surface area contributed by atoms with Crippen LogP contribution in [0, 0.1) is 3.57 Å². The van der Waals surface area contributed by atoms with Gasteiger partial charge < -0.3 is 4.52 Å². The lowest BCUT2D eigenvalue weighted by Gasteiger charge is -2.20. The average molecular weight is 384 g/mol. The summed E-state index contributed by atoms with van der Waals surface area (Å²) in [5, 5.41) is 0. The molecule has 0 spiro atoms. The average Bonchev–Trinajstić information content (AvgIpc) is 2.17. The summed E-state index contributed by atoms with van der Waals surface area (Å²) in [5.74, 6) is 0.603. The van der Waals surface area contributed by atoms with E-state index in [1.165, 1.54) is 0 Å². The molecule has 0 aliphatic heterocycles. The van der Waals surface area contributed by atoms with Crippen LogP contribution in [0.25, 0.3) is 0 Å². The molecule has 102 valence electrons. The molecular weight excluding hydrogens is 366 g/mol. The minimum absolute atomic E-state index is 0.138. The van der Waals surface area contributed by atoms with Crippen LogP contribution in [0.4, 0.5) is 0 Å². The molecule has 0 aromatic heterocycles. The third-order valence-electron chi connectivity index (χ3n) is 2.57. The van der Waals surface area contributed by atoms with E-state index in [2.05, 4.69) is 22.6 Å². The minimum atomic E-state index is -4.54. The molecule has 18 heavy (non-hydrogen) atoms. The lowest BCUT2D eigenvalue weighted by Crippen LogP contribution is -2.03. The molecule has 6 heteroatoms. The number of phosphoric acid groups is 1. The third-order valence-corrected chi connectivity index (χ3v) is 3.61. The summed E-state index contributed by atoms with van der Waals surface area (Å²) in [6.45, 7) is 7.90. The molecule has 1 aromatic carbocycles. The van der Waals surface area contributed by atoms with Crippen molar-refractivity contribution < 1.29 is 18.9 Å². The lowest BCUT2D eigenvalue weighted by molar-refractivity contribution is 0.280. The van der Waals surface area contributed by atoms with Crippen molar-refractivity contribution in [1.29, 1.82) is 0 Å². The van der Waals surface area contributed by atoms with Crippen molar-refractivity contribution in [3.63, 3.8) is 0 Å². The molecule has 1 aromatic rings. The van der Waals surface area contributed by atoms with Crippen LogP contribution in [0.5, 0.6) is 5.75 Å². The van der Waals surface area contributed by atoms with Crippen LogP contribution in [-0.4, -0.2) is 9.79 Å². The highest BCUT2D eigenvalue weighted by Crippen LogP contribution is 2.45. The Bertz CT molecular complexity index is 450. The molecule has 0 saturated heterocycles. The zero-order chi connectivity index (χ0) is 14.1. The van der Waals surface area contributed by atoms with E-state index in [0.29, 0.717) is 5.75 Å². The molecule has 4 nitrogen and oxygen atoms in total. The molecule has 0 unspecified atom stereocenters. The Morgan fingerprint density at radius 2 is 1.50 bits per heavy atom. The van der Waals surface area contributed by atoms with Gasteiger partial charge in [0.15, 0.2) is 0 Å². The van der Waals surface area contributed by atoms with Gasteiger partial charge in [-0.1, -0.05) is 27.7 Å². The number of hydrogen-bond acceptors (Lipinski definition) is 2. The van der Waals surface area contributed by atoms with Crippen LogP contribution >= 0.6 is 30.4 Å². The van der Waals surface area contributed by atoms with Gasteiger partial charge >= 0.3 is 7.82 Å². The zero-order valence-corrected chi connectivity index (χ0v) is 13.9. The summed E-state index contributed by atoms with van der Waals surface area (Å²) in [4.78, 5) is 18.1. The van der Waals surface area contributed by atoms with Gasteiger partial charge in [0.05, 0.1) is 0 Å². The highest BCUT2D eigenvalue weighted by atomic mass is 127. The van der Waals surface area contributed by atoms with Crippen LogP contribution in [-0.2, 0) is 4.57 Å². The normalized spacial score (nSPS) is 12.3. The SMILES string of the molecule is CC(C)c1cc(I)cc(C(C)C)c1OP(=O)(O)O. The molecule has 1 rings (SSSR count). The second-order valence-corrected chi connectivity index (χ2v) is 7.21. The van der Waals surface area contributed by atoms with E-state index in [0.717, 1.165) is 14.7 Å². The molecule has 0 radical (unpaired) electrons. The van der Waals surface area contributed by atoms with Gasteiger partial charge in [-0.15, -0.1) is 0 Å². The van der Waals surface area contributed by atoms with Crippen molar-refractivity contribution in [3.05, 3.63) is 26.8 Å². The van der Waals surface area contributed by atoms with Gasteiger partial charge in [-0.3, -0.25) is 9.79 Å². The predicted octanol–water partition coefficient (Wildman–Crippen LogP) is 4.01. The first-order valence-electron chi connectivity index (χ1n) is 5.70. The maximum atomic E-state index is 11.1. The van der Waals surface area contributed by atoms with Gasteiger partial charge in [-0.05, 0) is 57.7 Å². The van der Waals surface area contributed by atoms with Gasteiger partial charge in [-0.25, -0.2) is 4.57 Å². The van der Waals surface area contributed by atoms with Crippen molar-refractivity contribution >= 4 is 30.4 Å². The largest absolute Gasteiger partial charge is 0.524 e. The lowest BCUT2D eigenvalue weighted by atomic mass is 9.94. The van der Waals surface area contributed by atoms with Gasteiger partial charge in [0.1, 0.15) is 5.75 Å². The summed E-state index contributed by atoms with van der Waals surface area (Å²) >= 11 is 2.20. The van der Waals surface area contributed by atoms with E-state index < -0.39 is 7.82 Å². The van der Waals surface area contributed by atoms with Crippen molar-refractivity contribution in [1.82, 2.24) is 0 Å². The third kappa shape index (κ3) is 4.23. The van der Waals surface area contributed by atoms with E-state index >= 15 is 0 Å². The van der Waals surface area contributed by atoms with Gasteiger partial charge in [0, 0.05) is 3.57 Å². The first kappa shape index (κ1) is 16.0. The van der Waals surface area contributed by atoms with Gasteiger partial charge in [-0.2, -0.15) is 0 Å². The maximum Gasteiger partial charge on any atom is 0.524 e. The first-order chi connectivity index (χ1) is 8.11. The quantitative estimate of drug-likeness (QED) is 0.608. The topological polar surface area (TPSA) is 66.8 Å². The summed E-state index contributed by atoms with van der Waals surface area (Å²) in [7, 11) is -4.54.